The summed E-state index contributed by atoms with van der Waals surface area (Å²) < 4.78 is 51.9. The molecule has 1 aliphatic heterocycles. The molecule has 1 saturated heterocycles. The summed E-state index contributed by atoms with van der Waals surface area (Å²) in [5, 5.41) is 2.83. The molecular formula is C17H22F3NO4. The molecule has 0 aliphatic carbocycles. The second-order valence-electron chi connectivity index (χ2n) is 5.83. The lowest BCUT2D eigenvalue weighted by atomic mass is 10.1. The number of rotatable bonds is 8. The van der Waals surface area contributed by atoms with Gasteiger partial charge in [0.25, 0.3) is 0 Å². The minimum Gasteiger partial charge on any atom is -0.493 e. The van der Waals surface area contributed by atoms with Crippen molar-refractivity contribution in [2.75, 3.05) is 26.9 Å². The van der Waals surface area contributed by atoms with Crippen molar-refractivity contribution in [3.8, 4) is 11.5 Å². The summed E-state index contributed by atoms with van der Waals surface area (Å²) in [6.07, 6.45) is -1.62. The lowest BCUT2D eigenvalue weighted by Crippen LogP contribution is -2.31. The van der Waals surface area contributed by atoms with Crippen molar-refractivity contribution in [3.05, 3.63) is 23.8 Å². The number of carbonyl (C=O) groups excluding carboxylic acids is 1. The van der Waals surface area contributed by atoms with Crippen molar-refractivity contribution in [3.63, 3.8) is 0 Å². The molecule has 140 valence electrons. The molecule has 1 atom stereocenters. The first kappa shape index (κ1) is 19.4. The maximum Gasteiger partial charge on any atom is 0.422 e. The van der Waals surface area contributed by atoms with Crippen LogP contribution in [0.2, 0.25) is 0 Å². The lowest BCUT2D eigenvalue weighted by molar-refractivity contribution is -0.153. The van der Waals surface area contributed by atoms with Gasteiger partial charge in [-0.25, -0.2) is 0 Å². The van der Waals surface area contributed by atoms with Crippen LogP contribution in [0.15, 0.2) is 18.2 Å². The van der Waals surface area contributed by atoms with Crippen LogP contribution >= 0.6 is 0 Å². The first-order valence-corrected chi connectivity index (χ1v) is 8.12. The zero-order chi connectivity index (χ0) is 18.3. The molecule has 0 bridgehead atoms. The van der Waals surface area contributed by atoms with Gasteiger partial charge in [-0.15, -0.1) is 0 Å². The Hall–Kier alpha value is -1.96. The van der Waals surface area contributed by atoms with Gasteiger partial charge in [-0.05, 0) is 37.0 Å². The SMILES string of the molecule is COc1cc(CCC(=O)NC[C@@H]2CCCO2)ccc1OCC(F)(F)F. The van der Waals surface area contributed by atoms with Crippen LogP contribution in [-0.4, -0.2) is 45.1 Å². The average Bonchev–Trinajstić information content (AvgIpc) is 3.09. The second kappa shape index (κ2) is 8.94. The molecule has 8 heteroatoms. The van der Waals surface area contributed by atoms with Gasteiger partial charge >= 0.3 is 6.18 Å². The van der Waals surface area contributed by atoms with Crippen molar-refractivity contribution in [1.82, 2.24) is 5.32 Å². The Morgan fingerprint density at radius 2 is 2.16 bits per heavy atom. The van der Waals surface area contributed by atoms with Gasteiger partial charge in [-0.1, -0.05) is 6.07 Å². The predicted molar refractivity (Wildman–Crippen MR) is 84.8 cm³/mol. The number of hydrogen-bond acceptors (Lipinski definition) is 4. The van der Waals surface area contributed by atoms with E-state index in [-0.39, 0.29) is 29.9 Å². The third kappa shape index (κ3) is 6.81. The predicted octanol–water partition coefficient (Wildman–Crippen LogP) is 2.86. The molecule has 25 heavy (non-hydrogen) atoms. The Labute approximate surface area is 144 Å². The summed E-state index contributed by atoms with van der Waals surface area (Å²) in [5.74, 6) is 0.139. The number of nitrogens with one attached hydrogen (secondary N) is 1. The summed E-state index contributed by atoms with van der Waals surface area (Å²) in [5.41, 5.74) is 0.781. The number of benzene rings is 1. The van der Waals surface area contributed by atoms with E-state index in [9.17, 15) is 18.0 Å². The minimum atomic E-state index is -4.41. The van der Waals surface area contributed by atoms with E-state index in [1.165, 1.54) is 13.2 Å². The summed E-state index contributed by atoms with van der Waals surface area (Å²) >= 11 is 0. The molecular weight excluding hydrogens is 339 g/mol. The van der Waals surface area contributed by atoms with Gasteiger partial charge in [0.1, 0.15) is 0 Å². The molecule has 5 nitrogen and oxygen atoms in total. The van der Waals surface area contributed by atoms with Crippen molar-refractivity contribution < 1.29 is 32.2 Å². The minimum absolute atomic E-state index is 0.0198. The van der Waals surface area contributed by atoms with E-state index in [0.717, 1.165) is 25.0 Å². The Morgan fingerprint density at radius 1 is 1.36 bits per heavy atom. The van der Waals surface area contributed by atoms with Crippen LogP contribution in [-0.2, 0) is 16.0 Å². The Morgan fingerprint density at radius 3 is 2.80 bits per heavy atom. The molecule has 1 heterocycles. The van der Waals surface area contributed by atoms with E-state index in [4.69, 9.17) is 14.2 Å². The number of alkyl halides is 3. The van der Waals surface area contributed by atoms with Gasteiger partial charge in [0.15, 0.2) is 18.1 Å². The van der Waals surface area contributed by atoms with Crippen molar-refractivity contribution in [1.29, 1.82) is 0 Å². The van der Waals surface area contributed by atoms with Gasteiger partial charge in [0.05, 0.1) is 13.2 Å². The van der Waals surface area contributed by atoms with E-state index < -0.39 is 12.8 Å². The fourth-order valence-corrected chi connectivity index (χ4v) is 2.53. The number of ether oxygens (including phenoxy) is 3. The van der Waals surface area contributed by atoms with E-state index in [1.807, 2.05) is 0 Å². The fourth-order valence-electron chi connectivity index (χ4n) is 2.53. The van der Waals surface area contributed by atoms with Crippen molar-refractivity contribution >= 4 is 5.91 Å². The third-order valence-electron chi connectivity index (χ3n) is 3.81. The summed E-state index contributed by atoms with van der Waals surface area (Å²) in [6, 6.07) is 4.63. The monoisotopic (exact) mass is 361 g/mol. The lowest BCUT2D eigenvalue weighted by Gasteiger charge is -2.14. The van der Waals surface area contributed by atoms with Crippen LogP contribution in [0.5, 0.6) is 11.5 Å². The van der Waals surface area contributed by atoms with E-state index in [1.54, 1.807) is 12.1 Å². The van der Waals surface area contributed by atoms with Gasteiger partial charge in [0, 0.05) is 19.6 Å². The van der Waals surface area contributed by atoms with Crippen molar-refractivity contribution in [2.45, 2.75) is 38.0 Å². The molecule has 1 aliphatic rings. The van der Waals surface area contributed by atoms with E-state index in [0.29, 0.717) is 13.0 Å². The zero-order valence-electron chi connectivity index (χ0n) is 14.0. The highest BCUT2D eigenvalue weighted by Gasteiger charge is 2.29. The molecule has 0 radical (unpaired) electrons. The normalized spacial score (nSPS) is 17.4. The molecule has 0 unspecified atom stereocenters. The highest BCUT2D eigenvalue weighted by molar-refractivity contribution is 5.76. The molecule has 1 aromatic rings. The summed E-state index contributed by atoms with van der Waals surface area (Å²) in [6.45, 7) is -0.135. The second-order valence-corrected chi connectivity index (χ2v) is 5.83. The van der Waals surface area contributed by atoms with Crippen molar-refractivity contribution in [2.24, 2.45) is 0 Å². The van der Waals surface area contributed by atoms with Gasteiger partial charge in [-0.2, -0.15) is 13.2 Å². The Kier molecular flexibility index (Phi) is 6.92. The molecule has 0 spiro atoms. The number of methoxy groups -OCH3 is 1. The van der Waals surface area contributed by atoms with Crippen LogP contribution in [0.3, 0.4) is 0 Å². The first-order chi connectivity index (χ1) is 11.9. The Bertz CT molecular complexity index is 572. The summed E-state index contributed by atoms with van der Waals surface area (Å²) in [4.78, 5) is 11.9. The molecule has 0 saturated carbocycles. The number of amides is 1. The number of hydrogen-bond donors (Lipinski definition) is 1. The maximum atomic E-state index is 12.2. The van der Waals surface area contributed by atoms with Crippen LogP contribution in [0.25, 0.3) is 0 Å². The van der Waals surface area contributed by atoms with Crippen LogP contribution in [0.4, 0.5) is 13.2 Å². The number of carbonyl (C=O) groups is 1. The van der Waals surface area contributed by atoms with Crippen LogP contribution in [0, 0.1) is 0 Å². The van der Waals surface area contributed by atoms with E-state index in [2.05, 4.69) is 5.32 Å². The fraction of sp³-hybridized carbons (Fsp3) is 0.588. The molecule has 1 aromatic carbocycles. The first-order valence-electron chi connectivity index (χ1n) is 8.12. The molecule has 0 aromatic heterocycles. The van der Waals surface area contributed by atoms with Gasteiger partial charge < -0.3 is 19.5 Å². The summed E-state index contributed by atoms with van der Waals surface area (Å²) in [7, 11) is 1.36. The van der Waals surface area contributed by atoms with Crippen LogP contribution < -0.4 is 14.8 Å². The number of halogens is 3. The standard InChI is InChI=1S/C17H22F3NO4/c1-23-15-9-12(4-6-14(15)25-11-17(18,19)20)5-7-16(22)21-10-13-3-2-8-24-13/h4,6,9,13H,2-3,5,7-8,10-11H2,1H3,(H,21,22)/t13-/m0/s1. The molecule has 2 rings (SSSR count). The quantitative estimate of drug-likeness (QED) is 0.774. The van der Waals surface area contributed by atoms with E-state index >= 15 is 0 Å². The van der Waals surface area contributed by atoms with Crippen LogP contribution in [0.1, 0.15) is 24.8 Å². The van der Waals surface area contributed by atoms with Gasteiger partial charge in [-0.3, -0.25) is 4.79 Å². The zero-order valence-corrected chi connectivity index (χ0v) is 14.0. The number of aryl methyl sites for hydroxylation is 1. The van der Waals surface area contributed by atoms with Gasteiger partial charge in [0.2, 0.25) is 5.91 Å². The molecule has 1 N–H and O–H groups in total. The smallest absolute Gasteiger partial charge is 0.422 e. The third-order valence-corrected chi connectivity index (χ3v) is 3.81. The molecule has 1 fully saturated rings. The molecule has 1 amide bonds. The highest BCUT2D eigenvalue weighted by atomic mass is 19.4. The highest BCUT2D eigenvalue weighted by Crippen LogP contribution is 2.30. The average molecular weight is 361 g/mol. The largest absolute Gasteiger partial charge is 0.493 e. The topological polar surface area (TPSA) is 56.8 Å². The maximum absolute atomic E-state index is 12.2. The Balaban J connectivity index is 1.81.